The molecular formula is C16H16N2O3. The third kappa shape index (κ3) is 2.18. The smallest absolute Gasteiger partial charge is 0.284 e. The van der Waals surface area contributed by atoms with Crippen LogP contribution in [0.25, 0.3) is 0 Å². The Balaban J connectivity index is 1.37. The minimum atomic E-state index is -0.651. The number of carbonyl (C=O) groups is 1. The Morgan fingerprint density at radius 3 is 3.00 bits per heavy atom. The largest absolute Gasteiger partial charge is 0.485 e. The zero-order valence-corrected chi connectivity index (χ0v) is 11.5. The van der Waals surface area contributed by atoms with Crippen LogP contribution in [0.5, 0.6) is 11.5 Å². The molecule has 3 atom stereocenters. The molecule has 0 bridgehead atoms. The molecule has 2 aliphatic carbocycles. The molecule has 108 valence electrons. The number of nitrogens with zero attached hydrogens (tertiary/aromatic N) is 1. The molecule has 1 aliphatic heterocycles. The van der Waals surface area contributed by atoms with Crippen molar-refractivity contribution in [2.24, 2.45) is 16.9 Å². The van der Waals surface area contributed by atoms with Crippen molar-refractivity contribution in [3.63, 3.8) is 0 Å². The Hall–Kier alpha value is -2.30. The summed E-state index contributed by atoms with van der Waals surface area (Å²) in [4.78, 5) is 12.1. The van der Waals surface area contributed by atoms with Crippen molar-refractivity contribution in [1.82, 2.24) is 5.43 Å². The SMILES string of the molecule is O=C(N/N=C1/C[C@H]2C=CC[C@@H]12)[C@@H]1COc2ccccc2O1. The fourth-order valence-corrected chi connectivity index (χ4v) is 3.01. The first-order chi connectivity index (χ1) is 10.3. The first-order valence-electron chi connectivity index (χ1n) is 7.23. The molecule has 0 aromatic heterocycles. The number of carbonyl (C=O) groups excluding carboxylic acids is 1. The lowest BCUT2D eigenvalue weighted by Crippen LogP contribution is -2.43. The van der Waals surface area contributed by atoms with E-state index in [2.05, 4.69) is 22.7 Å². The van der Waals surface area contributed by atoms with Gasteiger partial charge in [-0.1, -0.05) is 24.3 Å². The third-order valence-corrected chi connectivity index (χ3v) is 4.27. The first-order valence-corrected chi connectivity index (χ1v) is 7.23. The van der Waals surface area contributed by atoms with Gasteiger partial charge in [0.1, 0.15) is 6.61 Å². The van der Waals surface area contributed by atoms with Gasteiger partial charge in [-0.2, -0.15) is 5.10 Å². The zero-order valence-electron chi connectivity index (χ0n) is 11.5. The molecule has 1 aromatic carbocycles. The fourth-order valence-electron chi connectivity index (χ4n) is 3.01. The van der Waals surface area contributed by atoms with Crippen LogP contribution in [0.3, 0.4) is 0 Å². The predicted molar refractivity (Wildman–Crippen MR) is 77.3 cm³/mol. The number of hydrogen-bond donors (Lipinski definition) is 1. The van der Waals surface area contributed by atoms with Crippen LogP contribution in [-0.2, 0) is 4.79 Å². The van der Waals surface area contributed by atoms with E-state index in [0.29, 0.717) is 23.3 Å². The van der Waals surface area contributed by atoms with E-state index in [1.54, 1.807) is 6.07 Å². The van der Waals surface area contributed by atoms with E-state index < -0.39 is 6.10 Å². The molecular weight excluding hydrogens is 268 g/mol. The highest BCUT2D eigenvalue weighted by Crippen LogP contribution is 2.40. The fraction of sp³-hybridized carbons (Fsp3) is 0.375. The quantitative estimate of drug-likeness (QED) is 0.666. The van der Waals surface area contributed by atoms with Crippen LogP contribution in [-0.4, -0.2) is 24.3 Å². The van der Waals surface area contributed by atoms with Gasteiger partial charge in [0.05, 0.1) is 0 Å². The third-order valence-electron chi connectivity index (χ3n) is 4.27. The zero-order chi connectivity index (χ0) is 14.2. The number of ether oxygens (including phenoxy) is 2. The van der Waals surface area contributed by atoms with Gasteiger partial charge >= 0.3 is 0 Å². The van der Waals surface area contributed by atoms with Crippen LogP contribution in [0, 0.1) is 11.8 Å². The molecule has 0 radical (unpaired) electrons. The normalized spacial score (nSPS) is 30.7. The van der Waals surface area contributed by atoms with Gasteiger partial charge in [-0.05, 0) is 30.9 Å². The molecule has 0 saturated heterocycles. The summed E-state index contributed by atoms with van der Waals surface area (Å²) in [6.45, 7) is 0.210. The second kappa shape index (κ2) is 4.91. The predicted octanol–water partition coefficient (Wildman–Crippen LogP) is 1.89. The van der Waals surface area contributed by atoms with Gasteiger partial charge in [0.15, 0.2) is 11.5 Å². The number of nitrogens with one attached hydrogen (secondary N) is 1. The van der Waals surface area contributed by atoms with Crippen molar-refractivity contribution in [1.29, 1.82) is 0 Å². The van der Waals surface area contributed by atoms with Crippen LogP contribution in [0.15, 0.2) is 41.5 Å². The lowest BCUT2D eigenvalue weighted by Gasteiger charge is -2.32. The molecule has 0 unspecified atom stereocenters. The van der Waals surface area contributed by atoms with E-state index in [-0.39, 0.29) is 12.5 Å². The lowest BCUT2D eigenvalue weighted by molar-refractivity contribution is -0.130. The molecule has 5 heteroatoms. The molecule has 1 amide bonds. The van der Waals surface area contributed by atoms with Gasteiger partial charge < -0.3 is 9.47 Å². The molecule has 3 aliphatic rings. The number of hydrogen-bond acceptors (Lipinski definition) is 4. The van der Waals surface area contributed by atoms with Crippen LogP contribution < -0.4 is 14.9 Å². The van der Waals surface area contributed by atoms with Crippen molar-refractivity contribution >= 4 is 11.6 Å². The number of fused-ring (bicyclic) bond motifs is 2. The van der Waals surface area contributed by atoms with E-state index in [4.69, 9.17) is 9.47 Å². The molecule has 21 heavy (non-hydrogen) atoms. The molecule has 1 N–H and O–H groups in total. The summed E-state index contributed by atoms with van der Waals surface area (Å²) < 4.78 is 11.2. The number of amides is 1. The number of hydrazone groups is 1. The summed E-state index contributed by atoms with van der Waals surface area (Å²) in [6.07, 6.45) is 5.76. The number of para-hydroxylation sites is 2. The Kier molecular flexibility index (Phi) is 2.91. The summed E-state index contributed by atoms with van der Waals surface area (Å²) in [5.74, 6) is 2.13. The maximum Gasteiger partial charge on any atom is 0.284 e. The minimum absolute atomic E-state index is 0.210. The van der Waals surface area contributed by atoms with Gasteiger partial charge in [0.2, 0.25) is 6.10 Å². The minimum Gasteiger partial charge on any atom is -0.485 e. The van der Waals surface area contributed by atoms with Crippen molar-refractivity contribution in [3.8, 4) is 11.5 Å². The lowest BCUT2D eigenvalue weighted by atomic mass is 9.74. The highest BCUT2D eigenvalue weighted by molar-refractivity contribution is 5.95. The number of rotatable bonds is 2. The van der Waals surface area contributed by atoms with Gasteiger partial charge in [-0.3, -0.25) is 4.79 Å². The molecule has 0 spiro atoms. The second-order valence-corrected chi connectivity index (χ2v) is 5.58. The van der Waals surface area contributed by atoms with Crippen molar-refractivity contribution < 1.29 is 14.3 Å². The van der Waals surface area contributed by atoms with E-state index >= 15 is 0 Å². The van der Waals surface area contributed by atoms with E-state index in [1.165, 1.54) is 0 Å². The average Bonchev–Trinajstić information content (AvgIpc) is 2.88. The summed E-state index contributed by atoms with van der Waals surface area (Å²) in [6, 6.07) is 7.34. The Labute approximate surface area is 122 Å². The van der Waals surface area contributed by atoms with E-state index in [0.717, 1.165) is 18.6 Å². The topological polar surface area (TPSA) is 59.9 Å². The summed E-state index contributed by atoms with van der Waals surface area (Å²) in [5, 5.41) is 4.24. The molecule has 1 aromatic rings. The molecule has 1 fully saturated rings. The standard InChI is InChI=1S/C16H16N2O3/c19-16(18-17-12-8-10-4-3-5-11(10)12)15-9-20-13-6-1-2-7-14(13)21-15/h1-4,6-7,10-11,15H,5,8-9H2,(H,18,19)/b17-12-/t10-,11-,15+/m1/s1. The van der Waals surface area contributed by atoms with Crippen LogP contribution in [0.1, 0.15) is 12.8 Å². The summed E-state index contributed by atoms with van der Waals surface area (Å²) in [5.41, 5.74) is 3.69. The maximum atomic E-state index is 12.1. The molecule has 4 rings (SSSR count). The Morgan fingerprint density at radius 2 is 2.14 bits per heavy atom. The van der Waals surface area contributed by atoms with Crippen molar-refractivity contribution in [2.75, 3.05) is 6.61 Å². The van der Waals surface area contributed by atoms with Crippen LogP contribution in [0.4, 0.5) is 0 Å². The number of benzene rings is 1. The monoisotopic (exact) mass is 284 g/mol. The van der Waals surface area contributed by atoms with E-state index in [1.807, 2.05) is 18.2 Å². The molecule has 1 heterocycles. The number of allylic oxidation sites excluding steroid dienone is 2. The second-order valence-electron chi connectivity index (χ2n) is 5.58. The van der Waals surface area contributed by atoms with Crippen molar-refractivity contribution in [2.45, 2.75) is 18.9 Å². The van der Waals surface area contributed by atoms with Crippen molar-refractivity contribution in [3.05, 3.63) is 36.4 Å². The highest BCUT2D eigenvalue weighted by atomic mass is 16.6. The van der Waals surface area contributed by atoms with Gasteiger partial charge in [-0.15, -0.1) is 0 Å². The molecule has 5 nitrogen and oxygen atoms in total. The van der Waals surface area contributed by atoms with Gasteiger partial charge in [0, 0.05) is 11.6 Å². The molecule has 1 saturated carbocycles. The van der Waals surface area contributed by atoms with E-state index in [9.17, 15) is 4.79 Å². The van der Waals surface area contributed by atoms with Crippen LogP contribution >= 0.6 is 0 Å². The average molecular weight is 284 g/mol. The Morgan fingerprint density at radius 1 is 1.29 bits per heavy atom. The van der Waals surface area contributed by atoms with Gasteiger partial charge in [-0.25, -0.2) is 5.43 Å². The summed E-state index contributed by atoms with van der Waals surface area (Å²) >= 11 is 0. The van der Waals surface area contributed by atoms with Gasteiger partial charge in [0.25, 0.3) is 5.91 Å². The summed E-state index contributed by atoms with van der Waals surface area (Å²) in [7, 11) is 0. The first kappa shape index (κ1) is 12.4. The maximum absolute atomic E-state index is 12.1. The van der Waals surface area contributed by atoms with Crippen LogP contribution in [0.2, 0.25) is 0 Å². The highest BCUT2D eigenvalue weighted by Gasteiger charge is 2.38. The Bertz CT molecular complexity index is 638.